The molecule has 0 bridgehead atoms. The first-order chi connectivity index (χ1) is 15.2. The Kier molecular flexibility index (Phi) is 5.19. The van der Waals surface area contributed by atoms with E-state index in [1.165, 1.54) is 0 Å². The molecule has 3 aromatic heterocycles. The van der Waals surface area contributed by atoms with Crippen LogP contribution < -0.4 is 14.5 Å². The van der Waals surface area contributed by atoms with E-state index in [0.29, 0.717) is 12.4 Å². The van der Waals surface area contributed by atoms with Crippen molar-refractivity contribution in [2.45, 2.75) is 26.5 Å². The summed E-state index contributed by atoms with van der Waals surface area (Å²) in [5.74, 6) is 2.59. The number of fused-ring (bicyclic) bond motifs is 1. The van der Waals surface area contributed by atoms with Gasteiger partial charge >= 0.3 is 0 Å². The van der Waals surface area contributed by atoms with Crippen molar-refractivity contribution in [2.24, 2.45) is 4.99 Å². The highest BCUT2D eigenvalue weighted by Gasteiger charge is 2.22. The number of piperazine rings is 1. The van der Waals surface area contributed by atoms with Gasteiger partial charge in [0.15, 0.2) is 0 Å². The Morgan fingerprint density at radius 2 is 1.71 bits per heavy atom. The molecule has 0 atom stereocenters. The third-order valence-corrected chi connectivity index (χ3v) is 5.49. The first-order valence-corrected chi connectivity index (χ1v) is 10.6. The number of aliphatic imine (C=N–C) groups is 1. The number of nitrogens with zero attached hydrogens (tertiary/aromatic N) is 7. The van der Waals surface area contributed by atoms with E-state index in [9.17, 15) is 0 Å². The van der Waals surface area contributed by atoms with Crippen molar-refractivity contribution in [1.29, 1.82) is 0 Å². The summed E-state index contributed by atoms with van der Waals surface area (Å²) in [7, 11) is 0. The molecule has 5 rings (SSSR count). The molecular weight excluding hydrogens is 390 g/mol. The molecule has 0 aliphatic carbocycles. The Hall–Kier alpha value is -3.55. The zero-order valence-corrected chi connectivity index (χ0v) is 17.8. The van der Waals surface area contributed by atoms with Crippen LogP contribution in [0, 0.1) is 0 Å². The Bertz CT molecular complexity index is 1090. The van der Waals surface area contributed by atoms with Crippen molar-refractivity contribution in [3.05, 3.63) is 65.9 Å². The van der Waals surface area contributed by atoms with Crippen molar-refractivity contribution < 1.29 is 4.74 Å². The summed E-state index contributed by atoms with van der Waals surface area (Å²) >= 11 is 0. The highest BCUT2D eigenvalue weighted by Crippen LogP contribution is 2.27. The molecule has 0 N–H and O–H groups in total. The normalized spacial score (nSPS) is 15.8. The van der Waals surface area contributed by atoms with E-state index < -0.39 is 0 Å². The Morgan fingerprint density at radius 1 is 0.903 bits per heavy atom. The largest absolute Gasteiger partial charge is 0.475 e. The monoisotopic (exact) mass is 415 g/mol. The molecule has 8 heteroatoms. The molecule has 3 aromatic rings. The molecule has 8 nitrogen and oxygen atoms in total. The molecule has 0 amide bonds. The molecule has 0 aromatic carbocycles. The van der Waals surface area contributed by atoms with Gasteiger partial charge in [-0.25, -0.2) is 19.9 Å². The van der Waals surface area contributed by atoms with Gasteiger partial charge in [-0.05, 0) is 32.0 Å². The Labute approximate surface area is 181 Å². The second-order valence-electron chi connectivity index (χ2n) is 7.96. The van der Waals surface area contributed by atoms with E-state index >= 15 is 0 Å². The molecule has 31 heavy (non-hydrogen) atoms. The summed E-state index contributed by atoms with van der Waals surface area (Å²) < 4.78 is 5.79. The van der Waals surface area contributed by atoms with Crippen molar-refractivity contribution in [3.8, 4) is 5.88 Å². The van der Waals surface area contributed by atoms with E-state index in [2.05, 4.69) is 35.8 Å². The second-order valence-corrected chi connectivity index (χ2v) is 7.96. The van der Waals surface area contributed by atoms with Crippen molar-refractivity contribution in [1.82, 2.24) is 19.9 Å². The fourth-order valence-electron chi connectivity index (χ4n) is 3.99. The van der Waals surface area contributed by atoms with Crippen molar-refractivity contribution in [2.75, 3.05) is 36.0 Å². The summed E-state index contributed by atoms with van der Waals surface area (Å²) in [6.45, 7) is 8.23. The number of anilines is 2. The maximum atomic E-state index is 5.79. The highest BCUT2D eigenvalue weighted by molar-refractivity contribution is 6.15. The minimum atomic E-state index is 0.0842. The molecular formula is C23H25N7O. The molecule has 1 fully saturated rings. The van der Waals surface area contributed by atoms with Crippen LogP contribution >= 0.6 is 0 Å². The van der Waals surface area contributed by atoms with Crippen LogP contribution in [0.15, 0.2) is 54.2 Å². The van der Waals surface area contributed by atoms with Crippen LogP contribution in [0.1, 0.15) is 30.5 Å². The first kappa shape index (κ1) is 19.4. The van der Waals surface area contributed by atoms with Crippen molar-refractivity contribution >= 4 is 17.3 Å². The molecule has 1 saturated heterocycles. The fraction of sp³-hybridized carbons (Fsp3) is 0.348. The quantitative estimate of drug-likeness (QED) is 0.634. The van der Waals surface area contributed by atoms with Gasteiger partial charge in [0.2, 0.25) is 5.88 Å². The van der Waals surface area contributed by atoms with Crippen LogP contribution in [0.25, 0.3) is 0 Å². The summed E-state index contributed by atoms with van der Waals surface area (Å²) in [5.41, 5.74) is 4.28. The lowest BCUT2D eigenvalue weighted by Gasteiger charge is -2.36. The number of aromatic nitrogens is 4. The van der Waals surface area contributed by atoms with E-state index in [-0.39, 0.29) is 6.10 Å². The van der Waals surface area contributed by atoms with Crippen LogP contribution in [0.4, 0.5) is 11.6 Å². The molecule has 0 radical (unpaired) electrons. The number of rotatable bonds is 5. The molecule has 2 aliphatic rings. The minimum Gasteiger partial charge on any atom is -0.475 e. The number of ether oxygens (including phenoxy) is 1. The fourth-order valence-corrected chi connectivity index (χ4v) is 3.99. The summed E-state index contributed by atoms with van der Waals surface area (Å²) in [6.07, 6.45) is 7.21. The van der Waals surface area contributed by atoms with Gasteiger partial charge < -0.3 is 14.5 Å². The van der Waals surface area contributed by atoms with Crippen LogP contribution in [0.5, 0.6) is 5.88 Å². The van der Waals surface area contributed by atoms with Gasteiger partial charge in [-0.3, -0.25) is 4.99 Å². The van der Waals surface area contributed by atoms with Gasteiger partial charge in [0.25, 0.3) is 0 Å². The van der Waals surface area contributed by atoms with Gasteiger partial charge in [0.1, 0.15) is 18.0 Å². The summed E-state index contributed by atoms with van der Waals surface area (Å²) in [6, 6.07) is 8.12. The summed E-state index contributed by atoms with van der Waals surface area (Å²) in [5, 5.41) is 0. The average Bonchev–Trinajstić information content (AvgIpc) is 3.23. The van der Waals surface area contributed by atoms with Crippen LogP contribution in [-0.2, 0) is 6.54 Å². The standard InChI is InChI=1S/C23H25N7O/c1-16(2)31-22-12-19-18(13-26-22)14-27-23(19)17-3-6-25-21(11-17)30-9-7-29(8-10-30)20-4-5-24-15-28-20/h3-6,11-13,15-16H,7-10,14H2,1-2H3. The van der Waals surface area contributed by atoms with E-state index in [1.54, 1.807) is 12.5 Å². The second kappa shape index (κ2) is 8.29. The van der Waals surface area contributed by atoms with Crippen LogP contribution in [-0.4, -0.2) is 57.9 Å². The van der Waals surface area contributed by atoms with Crippen molar-refractivity contribution in [3.63, 3.8) is 0 Å². The number of pyridine rings is 2. The van der Waals surface area contributed by atoms with E-state index in [1.807, 2.05) is 44.4 Å². The zero-order chi connectivity index (χ0) is 21.2. The predicted molar refractivity (Wildman–Crippen MR) is 120 cm³/mol. The lowest BCUT2D eigenvalue weighted by Crippen LogP contribution is -2.47. The number of hydrogen-bond acceptors (Lipinski definition) is 8. The highest BCUT2D eigenvalue weighted by atomic mass is 16.5. The molecule has 5 heterocycles. The third kappa shape index (κ3) is 4.05. The molecule has 0 saturated carbocycles. The van der Waals surface area contributed by atoms with Gasteiger partial charge in [-0.2, -0.15) is 0 Å². The van der Waals surface area contributed by atoms with Crippen LogP contribution in [0.2, 0.25) is 0 Å². The Balaban J connectivity index is 1.33. The lowest BCUT2D eigenvalue weighted by atomic mass is 10.0. The smallest absolute Gasteiger partial charge is 0.214 e. The van der Waals surface area contributed by atoms with Gasteiger partial charge in [-0.1, -0.05) is 0 Å². The van der Waals surface area contributed by atoms with Gasteiger partial charge in [0.05, 0.1) is 18.4 Å². The topological polar surface area (TPSA) is 79.6 Å². The number of hydrogen-bond donors (Lipinski definition) is 0. The van der Waals surface area contributed by atoms with Gasteiger partial charge in [-0.15, -0.1) is 0 Å². The first-order valence-electron chi connectivity index (χ1n) is 10.6. The molecule has 0 spiro atoms. The molecule has 158 valence electrons. The third-order valence-electron chi connectivity index (χ3n) is 5.49. The molecule has 2 aliphatic heterocycles. The minimum absolute atomic E-state index is 0.0842. The van der Waals surface area contributed by atoms with Crippen LogP contribution in [0.3, 0.4) is 0 Å². The van der Waals surface area contributed by atoms with E-state index in [0.717, 1.165) is 60.2 Å². The summed E-state index contributed by atoms with van der Waals surface area (Å²) in [4.78, 5) is 26.8. The van der Waals surface area contributed by atoms with Gasteiger partial charge in [0, 0.05) is 67.5 Å². The average molecular weight is 416 g/mol. The van der Waals surface area contributed by atoms with E-state index in [4.69, 9.17) is 9.73 Å². The maximum Gasteiger partial charge on any atom is 0.214 e. The zero-order valence-electron chi connectivity index (χ0n) is 17.8. The predicted octanol–water partition coefficient (Wildman–Crippen LogP) is 2.73. The Morgan fingerprint density at radius 3 is 2.45 bits per heavy atom. The molecule has 0 unspecified atom stereocenters. The maximum absolute atomic E-state index is 5.79. The SMILES string of the molecule is CC(C)Oc1cc2c(cn1)CN=C2c1ccnc(N2CCN(c3ccncn3)CC2)c1. The lowest BCUT2D eigenvalue weighted by molar-refractivity contribution is 0.232.